The maximum absolute atomic E-state index is 9.11. The second-order valence-electron chi connectivity index (χ2n) is 35.5. The van der Waals surface area contributed by atoms with Crippen LogP contribution in [0.2, 0.25) is 0 Å². The van der Waals surface area contributed by atoms with Crippen molar-refractivity contribution in [2.75, 3.05) is 0 Å². The number of nitrogens with zero attached hydrogens (tertiary/aromatic N) is 14. The molecule has 30 rings (SSSR count). The number of hydrogen-bond donors (Lipinski definition) is 1. The van der Waals surface area contributed by atoms with Gasteiger partial charge in [0.05, 0.1) is 107 Å². The van der Waals surface area contributed by atoms with Crippen molar-refractivity contribution < 1.29 is 41.1 Å². The van der Waals surface area contributed by atoms with Crippen molar-refractivity contribution in [3.05, 3.63) is 538 Å². The number of benzene rings is 21. The van der Waals surface area contributed by atoms with E-state index in [-0.39, 0.29) is 117 Å². The lowest BCUT2D eigenvalue weighted by atomic mass is 9.99. The molecule has 1 atom stereocenters. The summed E-state index contributed by atoms with van der Waals surface area (Å²) >= 11 is 0. The van der Waals surface area contributed by atoms with Gasteiger partial charge in [0.15, 0.2) is 29.1 Å². The summed E-state index contributed by atoms with van der Waals surface area (Å²) in [5.41, 5.74) is 13.8. The zero-order valence-electron chi connectivity index (χ0n) is 109. The summed E-state index contributed by atoms with van der Waals surface area (Å²) in [7, 11) is 0. The fourth-order valence-electron chi connectivity index (χ4n) is 20.7. The third-order valence-corrected chi connectivity index (χ3v) is 27.1. The van der Waals surface area contributed by atoms with E-state index in [0.717, 1.165) is 98.0 Å². The summed E-state index contributed by atoms with van der Waals surface area (Å²) in [6.45, 7) is 0. The van der Waals surface area contributed by atoms with E-state index in [4.69, 9.17) is 81.0 Å². The largest absolute Gasteiger partial charge is 0.330 e. The number of aromatic nitrogens is 12. The van der Waals surface area contributed by atoms with E-state index < -0.39 is 151 Å². The number of nitrogens with one attached hydrogen (secondary N) is 1. The highest BCUT2D eigenvalue weighted by Crippen LogP contribution is 2.48. The number of rotatable bonds is 14. The van der Waals surface area contributed by atoms with E-state index in [9.17, 15) is 0 Å². The minimum Gasteiger partial charge on any atom is -0.330 e. The minimum absolute atomic E-state index is 0.0213. The predicted molar refractivity (Wildman–Crippen MR) is 617 cm³/mol. The van der Waals surface area contributed by atoms with Crippen LogP contribution in [0.1, 0.15) is 58.4 Å². The van der Waals surface area contributed by atoms with Crippen molar-refractivity contribution >= 4 is 143 Å². The van der Waals surface area contributed by atoms with E-state index in [2.05, 4.69) is 5.32 Å². The van der Waals surface area contributed by atoms with Gasteiger partial charge in [0.1, 0.15) is 6.17 Å². The van der Waals surface area contributed by atoms with E-state index in [1.165, 1.54) is 0 Å². The maximum Gasteiger partial charge on any atom is 0.238 e. The fraction of sp³-hybridized carbons (Fsp3) is 0.00741. The highest BCUT2D eigenvalue weighted by molar-refractivity contribution is 6.29. The van der Waals surface area contributed by atoms with Gasteiger partial charge in [-0.3, -0.25) is 13.7 Å². The van der Waals surface area contributed by atoms with Gasteiger partial charge in [0.25, 0.3) is 0 Å². The molecule has 8 aromatic heterocycles. The van der Waals surface area contributed by atoms with Crippen LogP contribution in [-0.4, -0.2) is 69.1 Å². The molecule has 0 amide bonds. The molecule has 1 unspecified atom stereocenters. The molecule has 0 aliphatic carbocycles. The Labute approximate surface area is 904 Å². The lowest BCUT2D eigenvalue weighted by Gasteiger charge is -2.25. The molecule has 9 heterocycles. The van der Waals surface area contributed by atoms with Crippen LogP contribution < -0.4 is 5.32 Å². The van der Waals surface area contributed by atoms with Gasteiger partial charge in [0.2, 0.25) is 17.9 Å². The van der Waals surface area contributed by atoms with Crippen LogP contribution in [0.3, 0.4) is 0 Å². The van der Waals surface area contributed by atoms with E-state index >= 15 is 0 Å². The van der Waals surface area contributed by atoms with Crippen molar-refractivity contribution in [1.29, 1.82) is 0 Å². The first-order valence-electron chi connectivity index (χ1n) is 63.1. The predicted octanol–water partition coefficient (Wildman–Crippen LogP) is 32.6. The van der Waals surface area contributed by atoms with Gasteiger partial charge in [-0.15, -0.1) is 0 Å². The summed E-state index contributed by atoms with van der Waals surface area (Å²) in [5, 5.41) is 12.6. The van der Waals surface area contributed by atoms with Crippen LogP contribution in [-0.2, 0) is 0 Å². The number of hydrogen-bond acceptors (Lipinski definition) is 9. The molecule has 15 nitrogen and oxygen atoms in total. The van der Waals surface area contributed by atoms with E-state index in [0.29, 0.717) is 82.9 Å². The Morgan fingerprint density at radius 3 is 0.900 bits per heavy atom. The Morgan fingerprint density at radius 2 is 0.487 bits per heavy atom. The molecule has 15 heteroatoms. The molecular formula is C135H89N15. The van der Waals surface area contributed by atoms with Gasteiger partial charge in [-0.2, -0.15) is 24.9 Å². The average molecular weight is 1950 g/mol. The van der Waals surface area contributed by atoms with Crippen molar-refractivity contribution in [1.82, 2.24) is 62.6 Å². The molecule has 0 spiro atoms. The van der Waals surface area contributed by atoms with Crippen LogP contribution in [0.15, 0.2) is 537 Å². The Balaban J connectivity index is 0.000000123. The molecule has 29 aromatic rings. The summed E-state index contributed by atoms with van der Waals surface area (Å²) in [4.78, 5) is 39.8. The summed E-state index contributed by atoms with van der Waals surface area (Å²) in [6.07, 6.45) is -1.20. The zero-order valence-corrected chi connectivity index (χ0v) is 78.7. The third-order valence-electron chi connectivity index (χ3n) is 27.1. The van der Waals surface area contributed by atoms with Gasteiger partial charge in [-0.05, 0) is 118 Å². The van der Waals surface area contributed by atoms with E-state index in [1.807, 2.05) is 355 Å². The quantitative estimate of drug-likeness (QED) is 0.114. The Kier molecular flexibility index (Phi) is 15.2. The maximum atomic E-state index is 9.11. The number of fused-ring (bicyclic) bond motifs is 21. The fourth-order valence-corrected chi connectivity index (χ4v) is 20.7. The lowest BCUT2D eigenvalue weighted by Crippen LogP contribution is -2.37. The smallest absolute Gasteiger partial charge is 0.238 e. The van der Waals surface area contributed by atoms with Gasteiger partial charge in [-0.25, -0.2) is 15.0 Å². The van der Waals surface area contributed by atoms with Crippen LogP contribution in [0.5, 0.6) is 0 Å². The highest BCUT2D eigenvalue weighted by atomic mass is 15.3. The van der Waals surface area contributed by atoms with Gasteiger partial charge < -0.3 is 19.0 Å². The zero-order chi connectivity index (χ0) is 125. The topological polar surface area (TPSA) is 144 Å². The molecule has 0 fully saturated rings. The van der Waals surface area contributed by atoms with Gasteiger partial charge in [-0.1, -0.05) is 448 Å². The first-order chi connectivity index (χ1) is 86.9. The first kappa shape index (κ1) is 61.5. The molecule has 1 aliphatic heterocycles. The van der Waals surface area contributed by atoms with Crippen LogP contribution >= 0.6 is 0 Å². The van der Waals surface area contributed by atoms with Crippen molar-refractivity contribution in [3.8, 4) is 108 Å². The molecule has 21 aromatic carbocycles. The first-order valence-corrected chi connectivity index (χ1v) is 48.1. The van der Waals surface area contributed by atoms with Crippen LogP contribution in [0, 0.1) is 0 Å². The van der Waals surface area contributed by atoms with Crippen LogP contribution in [0.25, 0.3) is 239 Å². The lowest BCUT2D eigenvalue weighted by molar-refractivity contribution is 0.661. The molecule has 1 N–H and O–H groups in total. The summed E-state index contributed by atoms with van der Waals surface area (Å²) in [6, 6.07) is 95.0. The highest BCUT2D eigenvalue weighted by Gasteiger charge is 2.31. The van der Waals surface area contributed by atoms with Crippen molar-refractivity contribution in [3.63, 3.8) is 0 Å². The minimum atomic E-state index is -1.20. The molecular weight excluding hydrogens is 1830 g/mol. The monoisotopic (exact) mass is 1950 g/mol. The molecule has 1 aliphatic rings. The second-order valence-corrected chi connectivity index (χ2v) is 35.5. The molecule has 704 valence electrons. The number of aliphatic imine (C=N–C) groups is 2. The number of amidine groups is 1. The van der Waals surface area contributed by atoms with Gasteiger partial charge >= 0.3 is 0 Å². The molecule has 0 saturated carbocycles. The summed E-state index contributed by atoms with van der Waals surface area (Å²) in [5.74, 6) is 0.617. The Bertz CT molecular complexity index is 12200. The van der Waals surface area contributed by atoms with Crippen molar-refractivity contribution in [2.24, 2.45) is 9.98 Å². The van der Waals surface area contributed by atoms with E-state index in [1.54, 1.807) is 18.3 Å². The Hall–Kier alpha value is -20.4. The molecule has 0 saturated heterocycles. The second kappa shape index (κ2) is 37.1. The standard InChI is InChI=1S/C45H31N5.2C45H29N5/c1-4-15-30(16-5-1)32-19-14-20-33(29-32)44-46-43(31-17-6-2-7-18-31)47-45(48-44)50-40-26-13-11-24-36(40)38-28-27-37-35-23-10-12-25-39(35)49(41(37)42(38)50)34-21-8-3-9-22-34;1-4-14-30(15-5-1)31-24-26-33(27-25-31)44-46-43(32-16-6-2-7-17-32)47-45(48-44)50-40-23-13-11-21-36(40)38-29-28-37-35-20-10-12-22-39(35)49(41(37)42(38)50)34-18-8-3-9-19-34;1-4-16-30(17-5-1)33-22-10-11-25-38(33)44-46-43(31-18-6-2-7-19-31)47-45(48-44)50-40-27-15-13-24-35(40)37-29-28-36-34-23-12-14-26-39(34)49(41(36)42(37)50)32-20-8-3-9-21-32/h1-29,43H,(H,46,47,48);2*1-29H/i2D,3D,6D,7D,8D,9D,17D,18D,21D,22D;2D,3D,6D,7D,8D,9D,16D,17D,18D,19D;2D,3D,6D,7D,8D,9D,18D,19D,20D,21D. The summed E-state index contributed by atoms with van der Waals surface area (Å²) < 4.78 is 272. The molecule has 0 bridgehead atoms. The SMILES string of the molecule is [2H]c1c([2H])c([2H])c(-c2nc(-c3ccc(-c4ccccc4)cc3)nc(-n3c4ccccc4c4ccc5c6ccccc6n(-c6c([2H])c([2H])c([2H])c([2H])c6[2H])c5c43)n2)c([2H])c1[2H].[2H]c1c([2H])c([2H])c(-c2nc(-c3ccccc3-c3ccccc3)nc(-n3c4ccccc4c4ccc5c6ccccc6n(-c6c([2H])c([2H])c([2H])c([2H])c6[2H])c5c43)n2)c([2H])c1[2H].[2H]c1c([2H])c([2H])c(C2N=C(c3cccc(-c4ccccc4)c3)N=C(n3c4ccccc4c4ccc5c6ccccc6n(-c6c([2H])c([2H])c([2H])c([2H])c6[2H])c5c43)N2)c([2H])c1[2H]. The normalized spacial score (nSPS) is 15.4. The molecule has 0 radical (unpaired) electrons. The third kappa shape index (κ3) is 15.1. The number of para-hydroxylation sites is 9. The van der Waals surface area contributed by atoms with Crippen molar-refractivity contribution in [2.45, 2.75) is 6.17 Å². The van der Waals surface area contributed by atoms with Gasteiger partial charge in [0, 0.05) is 110 Å². The molecule has 150 heavy (non-hydrogen) atoms. The Morgan fingerprint density at radius 1 is 0.200 bits per heavy atom. The average Bonchev–Trinajstić information content (AvgIpc) is 1.54. The van der Waals surface area contributed by atoms with Crippen LogP contribution in [0.4, 0.5) is 0 Å².